The van der Waals surface area contributed by atoms with Crippen molar-refractivity contribution < 1.29 is 9.53 Å². The maximum Gasteiger partial charge on any atom is 0.305 e. The van der Waals surface area contributed by atoms with E-state index in [-0.39, 0.29) is 5.97 Å². The van der Waals surface area contributed by atoms with Gasteiger partial charge in [-0.2, -0.15) is 0 Å². The second-order valence-electron chi connectivity index (χ2n) is 3.58. The summed E-state index contributed by atoms with van der Waals surface area (Å²) in [5, 5.41) is 0. The first-order chi connectivity index (χ1) is 8.10. The third kappa shape index (κ3) is 9.23. The minimum Gasteiger partial charge on any atom is -0.466 e. The van der Waals surface area contributed by atoms with Crippen LogP contribution in [0, 0.1) is 0 Å². The first kappa shape index (κ1) is 15.3. The van der Waals surface area contributed by atoms with Gasteiger partial charge in [-0.25, -0.2) is 0 Å². The predicted molar refractivity (Wildman–Crippen MR) is 71.4 cm³/mol. The van der Waals surface area contributed by atoms with Crippen molar-refractivity contribution in [2.75, 3.05) is 18.1 Å². The summed E-state index contributed by atoms with van der Waals surface area (Å²) in [6.45, 7) is 4.38. The molecule has 4 nitrogen and oxygen atoms in total. The summed E-state index contributed by atoms with van der Waals surface area (Å²) in [6, 6.07) is 7.15. The number of hydrogen-bond donors (Lipinski definition) is 2. The highest BCUT2D eigenvalue weighted by atomic mass is 16.5. The van der Waals surface area contributed by atoms with Crippen molar-refractivity contribution in [1.82, 2.24) is 0 Å². The van der Waals surface area contributed by atoms with Crippen LogP contribution in [0.15, 0.2) is 24.3 Å². The maximum absolute atomic E-state index is 10.6. The quantitative estimate of drug-likeness (QED) is 0.624. The second-order valence-corrected chi connectivity index (χ2v) is 3.58. The molecule has 0 aliphatic carbocycles. The molecule has 0 amide bonds. The van der Waals surface area contributed by atoms with Crippen LogP contribution < -0.4 is 11.5 Å². The van der Waals surface area contributed by atoms with Crippen molar-refractivity contribution in [1.29, 1.82) is 0 Å². The van der Waals surface area contributed by atoms with Gasteiger partial charge in [-0.1, -0.05) is 19.4 Å². The highest BCUT2D eigenvalue weighted by molar-refractivity contribution is 5.69. The van der Waals surface area contributed by atoms with Crippen LogP contribution in [-0.2, 0) is 9.53 Å². The van der Waals surface area contributed by atoms with E-state index >= 15 is 0 Å². The normalized spacial score (nSPS) is 9.06. The standard InChI is InChI=1S/C7H14O2.C6H8N2/c1-3-5-6-7(8)9-4-2;7-5-2-1-3-6(8)4-5/h3-6H2,1-2H3;1-4H,7-8H2. The van der Waals surface area contributed by atoms with Gasteiger partial charge in [0.15, 0.2) is 0 Å². The number of rotatable bonds is 4. The van der Waals surface area contributed by atoms with Crippen molar-refractivity contribution in [2.24, 2.45) is 0 Å². The summed E-state index contributed by atoms with van der Waals surface area (Å²) < 4.78 is 4.70. The number of carbonyl (C=O) groups excluding carboxylic acids is 1. The predicted octanol–water partition coefficient (Wildman–Crippen LogP) is 2.59. The van der Waals surface area contributed by atoms with Crippen molar-refractivity contribution in [3.05, 3.63) is 24.3 Å². The number of hydrogen-bond acceptors (Lipinski definition) is 4. The zero-order chi connectivity index (χ0) is 13.1. The molecule has 0 saturated carbocycles. The number of ether oxygens (including phenoxy) is 1. The number of nitrogen functional groups attached to an aromatic ring is 2. The Bertz CT molecular complexity index is 310. The first-order valence-electron chi connectivity index (χ1n) is 5.86. The van der Waals surface area contributed by atoms with Crippen molar-refractivity contribution in [2.45, 2.75) is 33.1 Å². The smallest absolute Gasteiger partial charge is 0.305 e. The monoisotopic (exact) mass is 238 g/mol. The lowest BCUT2D eigenvalue weighted by molar-refractivity contribution is -0.143. The molecule has 0 bridgehead atoms. The van der Waals surface area contributed by atoms with E-state index < -0.39 is 0 Å². The molecule has 0 spiro atoms. The highest BCUT2D eigenvalue weighted by Crippen LogP contribution is 2.06. The summed E-state index contributed by atoms with van der Waals surface area (Å²) in [5.41, 5.74) is 12.2. The third-order valence-electron chi connectivity index (χ3n) is 1.95. The number of carbonyl (C=O) groups is 1. The van der Waals surface area contributed by atoms with Gasteiger partial charge < -0.3 is 16.2 Å². The van der Waals surface area contributed by atoms with Gasteiger partial charge in [-0.05, 0) is 31.5 Å². The summed E-state index contributed by atoms with van der Waals surface area (Å²) in [4.78, 5) is 10.6. The lowest BCUT2D eigenvalue weighted by Gasteiger charge is -1.97. The zero-order valence-electron chi connectivity index (χ0n) is 10.6. The van der Waals surface area contributed by atoms with Crippen LogP contribution in [-0.4, -0.2) is 12.6 Å². The molecular weight excluding hydrogens is 216 g/mol. The molecule has 96 valence electrons. The van der Waals surface area contributed by atoms with Gasteiger partial charge in [0.05, 0.1) is 6.61 Å². The van der Waals surface area contributed by atoms with Gasteiger partial charge in [0, 0.05) is 17.8 Å². The number of unbranched alkanes of at least 4 members (excludes halogenated alkanes) is 1. The fourth-order valence-electron chi connectivity index (χ4n) is 1.11. The maximum atomic E-state index is 10.6. The van der Waals surface area contributed by atoms with Crippen molar-refractivity contribution >= 4 is 17.3 Å². The third-order valence-corrected chi connectivity index (χ3v) is 1.95. The average molecular weight is 238 g/mol. The number of anilines is 2. The van der Waals surface area contributed by atoms with E-state index in [1.54, 1.807) is 18.2 Å². The Kier molecular flexibility index (Phi) is 8.55. The fourth-order valence-corrected chi connectivity index (χ4v) is 1.11. The van der Waals surface area contributed by atoms with Crippen LogP contribution in [0.4, 0.5) is 11.4 Å². The summed E-state index contributed by atoms with van der Waals surface area (Å²) >= 11 is 0. The highest BCUT2D eigenvalue weighted by Gasteiger charge is 1.97. The van der Waals surface area contributed by atoms with Crippen LogP contribution in [0.25, 0.3) is 0 Å². The van der Waals surface area contributed by atoms with Gasteiger partial charge in [-0.15, -0.1) is 0 Å². The molecule has 0 aliphatic heterocycles. The lowest BCUT2D eigenvalue weighted by Crippen LogP contribution is -2.02. The molecule has 4 N–H and O–H groups in total. The molecule has 17 heavy (non-hydrogen) atoms. The zero-order valence-corrected chi connectivity index (χ0v) is 10.6. The molecule has 0 radical (unpaired) electrons. The molecule has 4 heteroatoms. The van der Waals surface area contributed by atoms with Crippen LogP contribution in [0.5, 0.6) is 0 Å². The summed E-state index contributed by atoms with van der Waals surface area (Å²) in [7, 11) is 0. The van der Waals surface area contributed by atoms with E-state index in [0.717, 1.165) is 12.8 Å². The van der Waals surface area contributed by atoms with Gasteiger partial charge in [0.2, 0.25) is 0 Å². The molecule has 0 aromatic heterocycles. The molecule has 1 aromatic carbocycles. The molecule has 0 saturated heterocycles. The Morgan fingerprint density at radius 1 is 1.24 bits per heavy atom. The van der Waals surface area contributed by atoms with E-state index in [9.17, 15) is 4.79 Å². The molecule has 0 aliphatic rings. The fraction of sp³-hybridized carbons (Fsp3) is 0.462. The Balaban J connectivity index is 0.000000302. The Morgan fingerprint density at radius 2 is 1.82 bits per heavy atom. The lowest BCUT2D eigenvalue weighted by atomic mass is 10.3. The largest absolute Gasteiger partial charge is 0.466 e. The van der Waals surface area contributed by atoms with Gasteiger partial charge in [0.1, 0.15) is 0 Å². The van der Waals surface area contributed by atoms with Crippen molar-refractivity contribution in [3.63, 3.8) is 0 Å². The number of esters is 1. The molecule has 0 heterocycles. The van der Waals surface area contributed by atoms with Crippen LogP contribution >= 0.6 is 0 Å². The Labute approximate surface area is 103 Å². The first-order valence-corrected chi connectivity index (χ1v) is 5.86. The number of nitrogens with two attached hydrogens (primary N) is 2. The molecule has 0 fully saturated rings. The van der Waals surface area contributed by atoms with Crippen LogP contribution in [0.2, 0.25) is 0 Å². The molecule has 0 atom stereocenters. The van der Waals surface area contributed by atoms with E-state index in [1.807, 2.05) is 13.0 Å². The Morgan fingerprint density at radius 3 is 2.18 bits per heavy atom. The average Bonchev–Trinajstić information content (AvgIpc) is 2.27. The van der Waals surface area contributed by atoms with E-state index in [1.165, 1.54) is 0 Å². The van der Waals surface area contributed by atoms with E-state index in [4.69, 9.17) is 16.2 Å². The van der Waals surface area contributed by atoms with Gasteiger partial charge in [0.25, 0.3) is 0 Å². The topological polar surface area (TPSA) is 78.3 Å². The molecule has 0 unspecified atom stereocenters. The summed E-state index contributed by atoms with van der Waals surface area (Å²) in [6.07, 6.45) is 2.57. The molecular formula is C13H22N2O2. The van der Waals surface area contributed by atoms with E-state index in [0.29, 0.717) is 24.4 Å². The molecule has 1 aromatic rings. The van der Waals surface area contributed by atoms with Crippen LogP contribution in [0.3, 0.4) is 0 Å². The van der Waals surface area contributed by atoms with E-state index in [2.05, 4.69) is 6.92 Å². The van der Waals surface area contributed by atoms with Gasteiger partial charge >= 0.3 is 5.97 Å². The van der Waals surface area contributed by atoms with Crippen molar-refractivity contribution in [3.8, 4) is 0 Å². The minimum absolute atomic E-state index is 0.0700. The second kappa shape index (κ2) is 9.51. The number of benzene rings is 1. The molecule has 1 rings (SSSR count). The Hall–Kier alpha value is -1.71. The van der Waals surface area contributed by atoms with Crippen LogP contribution in [0.1, 0.15) is 33.1 Å². The summed E-state index contributed by atoms with van der Waals surface area (Å²) in [5.74, 6) is -0.0700. The minimum atomic E-state index is -0.0700. The SMILES string of the molecule is CCCCC(=O)OCC.Nc1cccc(N)c1. The van der Waals surface area contributed by atoms with Gasteiger partial charge in [-0.3, -0.25) is 4.79 Å².